The summed E-state index contributed by atoms with van der Waals surface area (Å²) < 4.78 is 11.0. The zero-order valence-electron chi connectivity index (χ0n) is 16.4. The van der Waals surface area contributed by atoms with Gasteiger partial charge in [-0.1, -0.05) is 72.8 Å². The summed E-state index contributed by atoms with van der Waals surface area (Å²) in [6, 6.07) is 24.3. The van der Waals surface area contributed by atoms with Crippen molar-refractivity contribution in [2.45, 2.75) is 19.3 Å². The highest BCUT2D eigenvalue weighted by atomic mass is 16.5. The summed E-state index contributed by atoms with van der Waals surface area (Å²) in [6.45, 7) is -0.219. The van der Waals surface area contributed by atoms with Crippen LogP contribution in [0.2, 0.25) is 0 Å². The Balaban J connectivity index is 1.61. The predicted molar refractivity (Wildman–Crippen MR) is 112 cm³/mol. The van der Waals surface area contributed by atoms with Gasteiger partial charge in [-0.3, -0.25) is 4.79 Å². The van der Waals surface area contributed by atoms with Gasteiger partial charge in [0.1, 0.15) is 19.0 Å². The zero-order valence-corrected chi connectivity index (χ0v) is 16.4. The van der Waals surface area contributed by atoms with Gasteiger partial charge in [-0.15, -0.1) is 0 Å². The second-order valence-electron chi connectivity index (χ2n) is 6.57. The Hall–Kier alpha value is -3.64. The van der Waals surface area contributed by atoms with E-state index >= 15 is 0 Å². The highest BCUT2D eigenvalue weighted by molar-refractivity contribution is 5.99. The van der Waals surface area contributed by atoms with Crippen LogP contribution in [0.4, 0.5) is 0 Å². The van der Waals surface area contributed by atoms with Crippen molar-refractivity contribution in [1.29, 1.82) is 0 Å². The summed E-state index contributed by atoms with van der Waals surface area (Å²) in [5.74, 6) is -0.861. The molecule has 0 saturated carbocycles. The molecule has 2 N–H and O–H groups in total. The number of ether oxygens (including phenoxy) is 2. The number of esters is 1. The second kappa shape index (κ2) is 10.8. The molecule has 30 heavy (non-hydrogen) atoms. The number of amides is 1. The van der Waals surface area contributed by atoms with Crippen LogP contribution in [-0.2, 0) is 22.7 Å². The van der Waals surface area contributed by atoms with E-state index in [0.717, 1.165) is 11.1 Å². The smallest absolute Gasteiger partial charge is 0.331 e. The van der Waals surface area contributed by atoms with Gasteiger partial charge in [0.15, 0.2) is 6.04 Å². The summed E-state index contributed by atoms with van der Waals surface area (Å²) in [6.07, 6.45) is 0. The second-order valence-corrected chi connectivity index (χ2v) is 6.57. The van der Waals surface area contributed by atoms with Crippen LogP contribution in [0.1, 0.15) is 21.5 Å². The summed E-state index contributed by atoms with van der Waals surface area (Å²) in [4.78, 5) is 25.0. The molecule has 1 amide bonds. The molecule has 3 aromatic rings. The molecule has 0 heterocycles. The fraction of sp³-hybridized carbons (Fsp3) is 0.167. The van der Waals surface area contributed by atoms with Crippen molar-refractivity contribution in [3.63, 3.8) is 0 Å². The van der Waals surface area contributed by atoms with Crippen molar-refractivity contribution >= 4 is 11.9 Å². The Bertz CT molecular complexity index is 960. The van der Waals surface area contributed by atoms with Crippen molar-refractivity contribution in [2.75, 3.05) is 6.61 Å². The lowest BCUT2D eigenvalue weighted by Gasteiger charge is -2.17. The maximum absolute atomic E-state index is 12.7. The standard InChI is InChI=1S/C24H23NO5/c26-15-21(24(28)30-17-19-11-5-2-6-12-19)25-23(27)20-13-7-8-14-22(20)29-16-18-9-3-1-4-10-18/h1-14,21,26H,15-17H2,(H,25,27). The molecule has 3 aromatic carbocycles. The lowest BCUT2D eigenvalue weighted by Crippen LogP contribution is -2.44. The first-order chi connectivity index (χ1) is 14.7. The molecule has 1 unspecified atom stereocenters. The van der Waals surface area contributed by atoms with E-state index in [1.807, 2.05) is 60.7 Å². The van der Waals surface area contributed by atoms with E-state index in [0.29, 0.717) is 12.4 Å². The van der Waals surface area contributed by atoms with Gasteiger partial charge in [-0.05, 0) is 23.3 Å². The SMILES string of the molecule is O=C(NC(CO)C(=O)OCc1ccccc1)c1ccccc1OCc1ccccc1. The lowest BCUT2D eigenvalue weighted by molar-refractivity contribution is -0.148. The number of benzene rings is 3. The van der Waals surface area contributed by atoms with Crippen LogP contribution in [0.5, 0.6) is 5.75 Å². The fourth-order valence-corrected chi connectivity index (χ4v) is 2.76. The maximum Gasteiger partial charge on any atom is 0.331 e. The molecule has 0 bridgehead atoms. The van der Waals surface area contributed by atoms with E-state index in [4.69, 9.17) is 9.47 Å². The van der Waals surface area contributed by atoms with E-state index in [1.54, 1.807) is 24.3 Å². The van der Waals surface area contributed by atoms with Crippen molar-refractivity contribution in [2.24, 2.45) is 0 Å². The number of para-hydroxylation sites is 1. The number of hydrogen-bond acceptors (Lipinski definition) is 5. The largest absolute Gasteiger partial charge is 0.488 e. The molecule has 0 spiro atoms. The molecule has 154 valence electrons. The number of nitrogens with one attached hydrogen (secondary N) is 1. The van der Waals surface area contributed by atoms with E-state index in [2.05, 4.69) is 5.32 Å². The van der Waals surface area contributed by atoms with Gasteiger partial charge in [0.2, 0.25) is 0 Å². The van der Waals surface area contributed by atoms with Crippen molar-refractivity contribution in [1.82, 2.24) is 5.32 Å². The fourth-order valence-electron chi connectivity index (χ4n) is 2.76. The Labute approximate surface area is 175 Å². The monoisotopic (exact) mass is 405 g/mol. The Morgan fingerprint density at radius 2 is 1.37 bits per heavy atom. The molecule has 3 rings (SSSR count). The molecular formula is C24H23NO5. The summed E-state index contributed by atoms with van der Waals surface area (Å²) in [5, 5.41) is 12.1. The van der Waals surface area contributed by atoms with Gasteiger partial charge in [0.25, 0.3) is 5.91 Å². The molecule has 0 aromatic heterocycles. The third-order valence-corrected chi connectivity index (χ3v) is 4.37. The summed E-state index contributed by atoms with van der Waals surface area (Å²) >= 11 is 0. The quantitative estimate of drug-likeness (QED) is 0.535. The van der Waals surface area contributed by atoms with Gasteiger partial charge in [-0.2, -0.15) is 0 Å². The van der Waals surface area contributed by atoms with Crippen LogP contribution in [0.25, 0.3) is 0 Å². The number of carbonyl (C=O) groups excluding carboxylic acids is 2. The molecule has 6 heteroatoms. The average Bonchev–Trinajstić information content (AvgIpc) is 2.81. The zero-order chi connectivity index (χ0) is 21.2. The van der Waals surface area contributed by atoms with Crippen molar-refractivity contribution in [3.8, 4) is 5.75 Å². The third-order valence-electron chi connectivity index (χ3n) is 4.37. The van der Waals surface area contributed by atoms with Crippen LogP contribution >= 0.6 is 0 Å². The van der Waals surface area contributed by atoms with E-state index in [-0.39, 0.29) is 12.2 Å². The van der Waals surface area contributed by atoms with Crippen LogP contribution < -0.4 is 10.1 Å². The molecular weight excluding hydrogens is 382 g/mol. The van der Waals surface area contributed by atoms with Crippen molar-refractivity contribution < 1.29 is 24.2 Å². The summed E-state index contributed by atoms with van der Waals surface area (Å²) in [5.41, 5.74) is 2.04. The molecule has 1 atom stereocenters. The number of hydrogen-bond donors (Lipinski definition) is 2. The van der Waals surface area contributed by atoms with Crippen LogP contribution in [-0.4, -0.2) is 29.6 Å². The highest BCUT2D eigenvalue weighted by Gasteiger charge is 2.23. The normalized spacial score (nSPS) is 11.4. The van der Waals surface area contributed by atoms with Gasteiger partial charge in [0.05, 0.1) is 12.2 Å². The van der Waals surface area contributed by atoms with Crippen LogP contribution in [0.3, 0.4) is 0 Å². The molecule has 0 saturated heterocycles. The van der Waals surface area contributed by atoms with Crippen LogP contribution in [0.15, 0.2) is 84.9 Å². The Morgan fingerprint density at radius 1 is 0.800 bits per heavy atom. The predicted octanol–water partition coefficient (Wildman–Crippen LogP) is 3.10. The van der Waals surface area contributed by atoms with Gasteiger partial charge in [0, 0.05) is 0 Å². The number of rotatable bonds is 9. The molecule has 0 aliphatic rings. The summed E-state index contributed by atoms with van der Waals surface area (Å²) in [7, 11) is 0. The molecule has 6 nitrogen and oxygen atoms in total. The molecule has 0 aliphatic carbocycles. The van der Waals surface area contributed by atoms with E-state index in [1.165, 1.54) is 0 Å². The lowest BCUT2D eigenvalue weighted by atomic mass is 10.1. The Kier molecular flexibility index (Phi) is 7.58. The minimum absolute atomic E-state index is 0.0584. The van der Waals surface area contributed by atoms with Gasteiger partial charge in [-0.25, -0.2) is 4.79 Å². The van der Waals surface area contributed by atoms with Crippen molar-refractivity contribution in [3.05, 3.63) is 102 Å². The number of carbonyl (C=O) groups is 2. The van der Waals surface area contributed by atoms with Crippen LogP contribution in [0, 0.1) is 0 Å². The highest BCUT2D eigenvalue weighted by Crippen LogP contribution is 2.19. The third kappa shape index (κ3) is 5.93. The maximum atomic E-state index is 12.7. The average molecular weight is 405 g/mol. The van der Waals surface area contributed by atoms with Gasteiger partial charge < -0.3 is 19.9 Å². The molecule has 0 radical (unpaired) electrons. The first-order valence-corrected chi connectivity index (χ1v) is 9.55. The molecule has 0 aliphatic heterocycles. The first-order valence-electron chi connectivity index (χ1n) is 9.55. The number of aliphatic hydroxyl groups excluding tert-OH is 1. The van der Waals surface area contributed by atoms with E-state index in [9.17, 15) is 14.7 Å². The van der Waals surface area contributed by atoms with Gasteiger partial charge >= 0.3 is 5.97 Å². The van der Waals surface area contributed by atoms with E-state index < -0.39 is 24.5 Å². The Morgan fingerprint density at radius 3 is 2.00 bits per heavy atom. The topological polar surface area (TPSA) is 84.9 Å². The minimum Gasteiger partial charge on any atom is -0.488 e. The number of aliphatic hydroxyl groups is 1. The minimum atomic E-state index is -1.18. The first kappa shape index (κ1) is 21.1. The molecule has 0 fully saturated rings.